The number of aromatic nitrogens is 4. The minimum Gasteiger partial charge on any atom is -0.495 e. The Morgan fingerprint density at radius 1 is 0.935 bits per heavy atom. The number of nitrogens with one attached hydrogen (secondary N) is 1. The van der Waals surface area contributed by atoms with Crippen molar-refractivity contribution in [1.82, 2.24) is 19.5 Å². The SMILES string of the molecule is COc1cc(-c2cnc(C)n2C)ccc1Nc1cc2cc(-c3cncs3)ccc2cn1. The highest BCUT2D eigenvalue weighted by Crippen LogP contribution is 2.33. The quantitative estimate of drug-likeness (QED) is 0.383. The molecule has 3 heterocycles. The molecule has 0 saturated heterocycles. The summed E-state index contributed by atoms with van der Waals surface area (Å²) in [6.07, 6.45) is 5.65. The van der Waals surface area contributed by atoms with Gasteiger partial charge in [-0.05, 0) is 42.1 Å². The first-order valence-corrected chi connectivity index (χ1v) is 10.7. The predicted molar refractivity (Wildman–Crippen MR) is 126 cm³/mol. The molecule has 5 aromatic rings. The van der Waals surface area contributed by atoms with Crippen LogP contribution in [0.3, 0.4) is 0 Å². The van der Waals surface area contributed by atoms with E-state index in [2.05, 4.69) is 55.2 Å². The summed E-state index contributed by atoms with van der Waals surface area (Å²) in [6.45, 7) is 1.99. The monoisotopic (exact) mass is 427 g/mol. The summed E-state index contributed by atoms with van der Waals surface area (Å²) in [7, 11) is 3.68. The Balaban J connectivity index is 1.48. The number of fused-ring (bicyclic) bond motifs is 1. The molecule has 1 N–H and O–H groups in total. The Kier molecular flexibility index (Phi) is 4.88. The molecule has 31 heavy (non-hydrogen) atoms. The van der Waals surface area contributed by atoms with Crippen LogP contribution in [-0.4, -0.2) is 26.6 Å². The van der Waals surface area contributed by atoms with Crippen molar-refractivity contribution >= 4 is 33.6 Å². The molecule has 0 spiro atoms. The van der Waals surface area contributed by atoms with Crippen molar-refractivity contribution in [2.45, 2.75) is 6.92 Å². The number of anilines is 2. The van der Waals surface area contributed by atoms with Crippen molar-refractivity contribution in [3.63, 3.8) is 0 Å². The van der Waals surface area contributed by atoms with E-state index in [9.17, 15) is 0 Å². The molecule has 0 bridgehead atoms. The van der Waals surface area contributed by atoms with Gasteiger partial charge in [0.2, 0.25) is 0 Å². The number of aryl methyl sites for hydroxylation is 1. The number of nitrogens with zero attached hydrogens (tertiary/aromatic N) is 4. The standard InChI is InChI=1S/C24H21N5OS/c1-15-26-12-21(29(15)2)16-6-7-20(22(9-16)30-3)28-24-10-19-8-17(23-13-25-14-31-23)4-5-18(19)11-27-24/h4-14H,1-3H3,(H,27,28). The number of methoxy groups -OCH3 is 1. The largest absolute Gasteiger partial charge is 0.495 e. The second kappa shape index (κ2) is 7.85. The molecule has 0 unspecified atom stereocenters. The fourth-order valence-electron chi connectivity index (χ4n) is 3.58. The van der Waals surface area contributed by atoms with Gasteiger partial charge in [-0.1, -0.05) is 18.2 Å². The van der Waals surface area contributed by atoms with Gasteiger partial charge in [-0.2, -0.15) is 0 Å². The van der Waals surface area contributed by atoms with Crippen LogP contribution in [0, 0.1) is 6.92 Å². The van der Waals surface area contributed by atoms with Gasteiger partial charge in [0.1, 0.15) is 17.4 Å². The van der Waals surface area contributed by atoms with E-state index in [1.54, 1.807) is 18.4 Å². The van der Waals surface area contributed by atoms with E-state index >= 15 is 0 Å². The number of benzene rings is 2. The molecular weight excluding hydrogens is 406 g/mol. The van der Waals surface area contributed by atoms with E-state index < -0.39 is 0 Å². The van der Waals surface area contributed by atoms with Gasteiger partial charge < -0.3 is 14.6 Å². The summed E-state index contributed by atoms with van der Waals surface area (Å²) in [5, 5.41) is 5.61. The zero-order valence-corrected chi connectivity index (χ0v) is 18.3. The first kappa shape index (κ1) is 19.3. The van der Waals surface area contributed by atoms with Crippen molar-refractivity contribution in [3.05, 3.63) is 72.4 Å². The van der Waals surface area contributed by atoms with Gasteiger partial charge in [0.25, 0.3) is 0 Å². The molecule has 5 rings (SSSR count). The van der Waals surface area contributed by atoms with Crippen LogP contribution in [0.1, 0.15) is 5.82 Å². The number of pyridine rings is 1. The fraction of sp³-hybridized carbons (Fsp3) is 0.125. The summed E-state index contributed by atoms with van der Waals surface area (Å²) in [5.74, 6) is 2.47. The average molecular weight is 428 g/mol. The minimum atomic E-state index is 0.747. The van der Waals surface area contributed by atoms with E-state index in [0.717, 1.165) is 55.5 Å². The number of hydrogen-bond acceptors (Lipinski definition) is 6. The topological polar surface area (TPSA) is 64.9 Å². The van der Waals surface area contributed by atoms with E-state index in [-0.39, 0.29) is 0 Å². The second-order valence-electron chi connectivity index (χ2n) is 7.29. The Morgan fingerprint density at radius 3 is 2.55 bits per heavy atom. The Labute approximate surface area is 184 Å². The Hall–Kier alpha value is -3.71. The third-order valence-electron chi connectivity index (χ3n) is 5.42. The van der Waals surface area contributed by atoms with Crippen molar-refractivity contribution in [1.29, 1.82) is 0 Å². The number of hydrogen-bond donors (Lipinski definition) is 1. The van der Waals surface area contributed by atoms with Gasteiger partial charge in [0.15, 0.2) is 0 Å². The number of imidazole rings is 1. The molecule has 0 atom stereocenters. The van der Waals surface area contributed by atoms with Crippen LogP contribution in [0.5, 0.6) is 5.75 Å². The molecule has 7 heteroatoms. The maximum absolute atomic E-state index is 5.66. The predicted octanol–water partition coefficient (Wildman–Crippen LogP) is 5.82. The molecule has 0 aliphatic carbocycles. The summed E-state index contributed by atoms with van der Waals surface area (Å²) in [6, 6.07) is 14.5. The third kappa shape index (κ3) is 3.64. The number of thiazole rings is 1. The highest BCUT2D eigenvalue weighted by molar-refractivity contribution is 7.13. The molecule has 0 amide bonds. The van der Waals surface area contributed by atoms with Crippen LogP contribution in [0.15, 0.2) is 66.6 Å². The van der Waals surface area contributed by atoms with Gasteiger partial charge in [0.05, 0.1) is 35.1 Å². The van der Waals surface area contributed by atoms with Gasteiger partial charge >= 0.3 is 0 Å². The zero-order valence-electron chi connectivity index (χ0n) is 17.5. The second-order valence-corrected chi connectivity index (χ2v) is 8.17. The molecule has 0 radical (unpaired) electrons. The van der Waals surface area contributed by atoms with E-state index in [0.29, 0.717) is 0 Å². The number of ether oxygens (including phenoxy) is 1. The van der Waals surface area contributed by atoms with Crippen molar-refractivity contribution in [3.8, 4) is 27.4 Å². The van der Waals surface area contributed by atoms with Crippen LogP contribution in [0.4, 0.5) is 11.5 Å². The molecule has 0 aliphatic rings. The molecule has 0 saturated carbocycles. The lowest BCUT2D eigenvalue weighted by atomic mass is 10.1. The van der Waals surface area contributed by atoms with Crippen LogP contribution in [0.25, 0.3) is 32.5 Å². The smallest absolute Gasteiger partial charge is 0.143 e. The van der Waals surface area contributed by atoms with Crippen molar-refractivity contribution in [2.75, 3.05) is 12.4 Å². The normalized spacial score (nSPS) is 11.1. The lowest BCUT2D eigenvalue weighted by Crippen LogP contribution is -1.98. The molecule has 154 valence electrons. The van der Waals surface area contributed by atoms with Gasteiger partial charge in [-0.3, -0.25) is 4.98 Å². The molecule has 0 aliphatic heterocycles. The molecule has 3 aromatic heterocycles. The van der Waals surface area contributed by atoms with E-state index in [1.165, 1.54) is 0 Å². The highest BCUT2D eigenvalue weighted by atomic mass is 32.1. The summed E-state index contributed by atoms with van der Waals surface area (Å²) in [5.41, 5.74) is 5.95. The molecular formula is C24H21N5OS. The Morgan fingerprint density at radius 2 is 1.81 bits per heavy atom. The number of rotatable bonds is 5. The Bertz CT molecular complexity index is 1370. The third-order valence-corrected chi connectivity index (χ3v) is 6.24. The maximum Gasteiger partial charge on any atom is 0.143 e. The first-order chi connectivity index (χ1) is 15.1. The van der Waals surface area contributed by atoms with Gasteiger partial charge in [0, 0.05) is 30.4 Å². The zero-order chi connectivity index (χ0) is 21.4. The first-order valence-electron chi connectivity index (χ1n) is 9.85. The fourth-order valence-corrected chi connectivity index (χ4v) is 4.20. The highest BCUT2D eigenvalue weighted by Gasteiger charge is 2.11. The van der Waals surface area contributed by atoms with Crippen molar-refractivity contribution in [2.24, 2.45) is 7.05 Å². The van der Waals surface area contributed by atoms with Gasteiger partial charge in [-0.25, -0.2) is 9.97 Å². The van der Waals surface area contributed by atoms with Crippen LogP contribution in [-0.2, 0) is 7.05 Å². The maximum atomic E-state index is 5.66. The summed E-state index contributed by atoms with van der Waals surface area (Å²) in [4.78, 5) is 14.3. The lowest BCUT2D eigenvalue weighted by Gasteiger charge is -2.13. The molecule has 0 fully saturated rings. The molecule has 6 nitrogen and oxygen atoms in total. The average Bonchev–Trinajstić information content (AvgIpc) is 3.44. The lowest BCUT2D eigenvalue weighted by molar-refractivity contribution is 0.417. The summed E-state index contributed by atoms with van der Waals surface area (Å²) < 4.78 is 7.72. The van der Waals surface area contributed by atoms with Crippen LogP contribution >= 0.6 is 11.3 Å². The van der Waals surface area contributed by atoms with Crippen LogP contribution < -0.4 is 10.1 Å². The van der Waals surface area contributed by atoms with Crippen LogP contribution in [0.2, 0.25) is 0 Å². The van der Waals surface area contributed by atoms with E-state index in [4.69, 9.17) is 4.74 Å². The van der Waals surface area contributed by atoms with Gasteiger partial charge in [-0.15, -0.1) is 11.3 Å². The summed E-state index contributed by atoms with van der Waals surface area (Å²) >= 11 is 1.63. The van der Waals surface area contributed by atoms with Crippen molar-refractivity contribution < 1.29 is 4.74 Å². The van der Waals surface area contributed by atoms with E-state index in [1.807, 2.05) is 50.2 Å². The molecule has 2 aromatic carbocycles. The minimum absolute atomic E-state index is 0.747.